The number of thiophene rings is 1. The minimum absolute atomic E-state index is 0.138. The molecule has 1 saturated carbocycles. The predicted molar refractivity (Wildman–Crippen MR) is 75.5 cm³/mol. The molecule has 3 atom stereocenters. The van der Waals surface area contributed by atoms with E-state index in [4.69, 9.17) is 0 Å². The number of nitrogens with zero attached hydrogens (tertiary/aromatic N) is 1. The summed E-state index contributed by atoms with van der Waals surface area (Å²) in [7, 11) is 0. The molecule has 2 N–H and O–H groups in total. The Morgan fingerprint density at radius 2 is 2.30 bits per heavy atom. The molecule has 0 aromatic carbocycles. The second kappa shape index (κ2) is 5.44. The second-order valence-electron chi connectivity index (χ2n) is 5.58. The first-order valence-corrected chi connectivity index (χ1v) is 7.89. The van der Waals surface area contributed by atoms with Gasteiger partial charge in [-0.3, -0.25) is 0 Å². The largest absolute Gasteiger partial charge is 0.480 e. The van der Waals surface area contributed by atoms with Gasteiger partial charge in [-0.2, -0.15) is 11.3 Å². The van der Waals surface area contributed by atoms with Gasteiger partial charge in [-0.05, 0) is 47.1 Å². The van der Waals surface area contributed by atoms with Crippen LogP contribution < -0.4 is 5.32 Å². The third-order valence-electron chi connectivity index (χ3n) is 4.43. The predicted octanol–water partition coefficient (Wildman–Crippen LogP) is 2.14. The van der Waals surface area contributed by atoms with Gasteiger partial charge in [0.05, 0.1) is 0 Å². The molecule has 1 aliphatic heterocycles. The van der Waals surface area contributed by atoms with Crippen molar-refractivity contribution in [1.29, 1.82) is 0 Å². The van der Waals surface area contributed by atoms with Gasteiger partial charge in [0.1, 0.15) is 6.04 Å². The van der Waals surface area contributed by atoms with E-state index in [0.717, 1.165) is 24.8 Å². The van der Waals surface area contributed by atoms with Gasteiger partial charge in [0.2, 0.25) is 0 Å². The lowest BCUT2D eigenvalue weighted by Gasteiger charge is -2.24. The number of hydrogen-bond donors (Lipinski definition) is 2. The summed E-state index contributed by atoms with van der Waals surface area (Å²) in [5.41, 5.74) is 1.05. The van der Waals surface area contributed by atoms with Crippen LogP contribution in [0, 0.1) is 11.8 Å². The molecule has 3 unspecified atom stereocenters. The summed E-state index contributed by atoms with van der Waals surface area (Å²) in [4.78, 5) is 25.2. The lowest BCUT2D eigenvalue weighted by molar-refractivity contribution is -0.142. The minimum Gasteiger partial charge on any atom is -0.480 e. The van der Waals surface area contributed by atoms with Gasteiger partial charge in [-0.15, -0.1) is 0 Å². The lowest BCUT2D eigenvalue weighted by atomic mass is 9.94. The quantitative estimate of drug-likeness (QED) is 0.897. The van der Waals surface area contributed by atoms with E-state index in [9.17, 15) is 14.7 Å². The Morgan fingerprint density at radius 1 is 1.45 bits per heavy atom. The molecular weight excluding hydrogens is 276 g/mol. The molecule has 2 aliphatic rings. The van der Waals surface area contributed by atoms with Crippen LogP contribution in [0.15, 0.2) is 16.8 Å². The molecule has 1 aromatic rings. The van der Waals surface area contributed by atoms with Crippen LogP contribution in [0.5, 0.6) is 0 Å². The summed E-state index contributed by atoms with van der Waals surface area (Å²) < 4.78 is 0. The summed E-state index contributed by atoms with van der Waals surface area (Å²) in [5.74, 6) is -0.368. The van der Waals surface area contributed by atoms with E-state index in [2.05, 4.69) is 5.32 Å². The third-order valence-corrected chi connectivity index (χ3v) is 5.16. The summed E-state index contributed by atoms with van der Waals surface area (Å²) in [6.07, 6.45) is 3.06. The zero-order chi connectivity index (χ0) is 14.1. The fourth-order valence-electron chi connectivity index (χ4n) is 3.50. The SMILES string of the molecule is O=C(O)C1C2CCCC2CN1C(=O)NCc1ccsc1. The highest BCUT2D eigenvalue weighted by molar-refractivity contribution is 7.07. The Morgan fingerprint density at radius 3 is 3.00 bits per heavy atom. The van der Waals surface area contributed by atoms with Gasteiger partial charge in [0.15, 0.2) is 0 Å². The topological polar surface area (TPSA) is 69.6 Å². The number of urea groups is 1. The van der Waals surface area contributed by atoms with Crippen molar-refractivity contribution < 1.29 is 14.7 Å². The fraction of sp³-hybridized carbons (Fsp3) is 0.571. The van der Waals surface area contributed by atoms with Crippen LogP contribution in [0.25, 0.3) is 0 Å². The zero-order valence-corrected chi connectivity index (χ0v) is 11.9. The summed E-state index contributed by atoms with van der Waals surface area (Å²) in [5, 5.41) is 16.2. The first-order valence-electron chi connectivity index (χ1n) is 6.95. The van der Waals surface area contributed by atoms with Crippen molar-refractivity contribution in [1.82, 2.24) is 10.2 Å². The Balaban J connectivity index is 1.65. The van der Waals surface area contributed by atoms with Crippen LogP contribution in [0.4, 0.5) is 4.79 Å². The van der Waals surface area contributed by atoms with E-state index >= 15 is 0 Å². The number of fused-ring (bicyclic) bond motifs is 1. The molecule has 0 radical (unpaired) electrons. The average molecular weight is 294 g/mol. The summed E-state index contributed by atoms with van der Waals surface area (Å²) in [6, 6.07) is 1.06. The van der Waals surface area contributed by atoms with Crippen molar-refractivity contribution in [2.75, 3.05) is 6.54 Å². The third kappa shape index (κ3) is 2.40. The van der Waals surface area contributed by atoms with Crippen LogP contribution in [0.2, 0.25) is 0 Å². The zero-order valence-electron chi connectivity index (χ0n) is 11.1. The van der Waals surface area contributed by atoms with Crippen molar-refractivity contribution in [2.24, 2.45) is 11.8 Å². The molecule has 6 heteroatoms. The van der Waals surface area contributed by atoms with Gasteiger partial charge >= 0.3 is 12.0 Å². The fourth-order valence-corrected chi connectivity index (χ4v) is 4.17. The second-order valence-corrected chi connectivity index (χ2v) is 6.36. The highest BCUT2D eigenvalue weighted by Crippen LogP contribution is 2.42. The van der Waals surface area contributed by atoms with Gasteiger partial charge in [0.25, 0.3) is 0 Å². The maximum absolute atomic E-state index is 12.2. The molecule has 2 amide bonds. The molecule has 1 aromatic heterocycles. The van der Waals surface area contributed by atoms with E-state index < -0.39 is 12.0 Å². The monoisotopic (exact) mass is 294 g/mol. The van der Waals surface area contributed by atoms with E-state index in [1.165, 1.54) is 4.90 Å². The van der Waals surface area contributed by atoms with Gasteiger partial charge in [0, 0.05) is 13.1 Å². The van der Waals surface area contributed by atoms with E-state index in [1.807, 2.05) is 16.8 Å². The number of likely N-dealkylation sites (tertiary alicyclic amines) is 1. The first-order chi connectivity index (χ1) is 9.66. The van der Waals surface area contributed by atoms with Gasteiger partial charge < -0.3 is 15.3 Å². The van der Waals surface area contributed by atoms with Crippen molar-refractivity contribution in [3.63, 3.8) is 0 Å². The molecule has 2 heterocycles. The molecule has 5 nitrogen and oxygen atoms in total. The van der Waals surface area contributed by atoms with Crippen molar-refractivity contribution >= 4 is 23.3 Å². The Labute approximate surface area is 121 Å². The smallest absolute Gasteiger partial charge is 0.326 e. The van der Waals surface area contributed by atoms with Crippen LogP contribution in [0.3, 0.4) is 0 Å². The Kier molecular flexibility index (Phi) is 3.65. The molecule has 3 rings (SSSR count). The number of carbonyl (C=O) groups excluding carboxylic acids is 1. The normalized spacial score (nSPS) is 28.4. The van der Waals surface area contributed by atoms with Crippen LogP contribution in [-0.2, 0) is 11.3 Å². The molecule has 108 valence electrons. The molecular formula is C14H18N2O3S. The highest BCUT2D eigenvalue weighted by Gasteiger charge is 2.49. The number of nitrogens with one attached hydrogen (secondary N) is 1. The summed E-state index contributed by atoms with van der Waals surface area (Å²) in [6.45, 7) is 1.04. The maximum Gasteiger partial charge on any atom is 0.326 e. The minimum atomic E-state index is -0.870. The molecule has 1 saturated heterocycles. The molecule has 1 aliphatic carbocycles. The highest BCUT2D eigenvalue weighted by atomic mass is 32.1. The first kappa shape index (κ1) is 13.4. The van der Waals surface area contributed by atoms with E-state index in [-0.39, 0.29) is 11.9 Å². The average Bonchev–Trinajstić information content (AvgIpc) is 3.10. The molecule has 20 heavy (non-hydrogen) atoms. The van der Waals surface area contributed by atoms with E-state index in [1.54, 1.807) is 11.3 Å². The van der Waals surface area contributed by atoms with Crippen LogP contribution in [-0.4, -0.2) is 34.6 Å². The van der Waals surface area contributed by atoms with E-state index in [0.29, 0.717) is 19.0 Å². The lowest BCUT2D eigenvalue weighted by Crippen LogP contribution is -2.47. The van der Waals surface area contributed by atoms with Gasteiger partial charge in [-0.1, -0.05) is 6.42 Å². The maximum atomic E-state index is 12.2. The molecule has 0 spiro atoms. The van der Waals surface area contributed by atoms with Crippen molar-refractivity contribution in [2.45, 2.75) is 31.8 Å². The van der Waals surface area contributed by atoms with Gasteiger partial charge in [-0.25, -0.2) is 9.59 Å². The number of amides is 2. The Hall–Kier alpha value is -1.56. The van der Waals surface area contributed by atoms with Crippen LogP contribution >= 0.6 is 11.3 Å². The number of hydrogen-bond acceptors (Lipinski definition) is 3. The summed E-state index contributed by atoms with van der Waals surface area (Å²) >= 11 is 1.58. The molecule has 2 fully saturated rings. The standard InChI is InChI=1S/C14H18N2O3S/c17-13(18)12-11-3-1-2-10(11)7-16(12)14(19)15-6-9-4-5-20-8-9/h4-5,8,10-12H,1-3,6-7H2,(H,15,19)(H,17,18). The number of rotatable bonds is 3. The molecule has 0 bridgehead atoms. The Bertz CT molecular complexity index is 503. The van der Waals surface area contributed by atoms with Crippen molar-refractivity contribution in [3.05, 3.63) is 22.4 Å². The number of carboxylic acids is 1. The number of carbonyl (C=O) groups is 2. The van der Waals surface area contributed by atoms with Crippen LogP contribution in [0.1, 0.15) is 24.8 Å². The van der Waals surface area contributed by atoms with Crippen molar-refractivity contribution in [3.8, 4) is 0 Å². The number of carboxylic acid groups (broad SMARTS) is 1. The number of aliphatic carboxylic acids is 1.